The third kappa shape index (κ3) is 6.50. The van der Waals surface area contributed by atoms with Gasteiger partial charge in [-0.25, -0.2) is 8.42 Å². The Labute approximate surface area is 218 Å². The van der Waals surface area contributed by atoms with E-state index in [2.05, 4.69) is 5.32 Å². The van der Waals surface area contributed by atoms with Crippen molar-refractivity contribution < 1.29 is 22.7 Å². The molecule has 0 radical (unpaired) electrons. The average Bonchev–Trinajstić information content (AvgIpc) is 2.85. The summed E-state index contributed by atoms with van der Waals surface area (Å²) in [6, 6.07) is 16.9. The first kappa shape index (κ1) is 27.4. The second kappa shape index (κ2) is 12.1. The zero-order valence-electron chi connectivity index (χ0n) is 20.9. The zero-order chi connectivity index (χ0) is 26.3. The summed E-state index contributed by atoms with van der Waals surface area (Å²) in [6.07, 6.45) is 0. The molecule has 0 atom stereocenters. The van der Waals surface area contributed by atoms with Crippen molar-refractivity contribution in [2.75, 3.05) is 24.1 Å². The van der Waals surface area contributed by atoms with Gasteiger partial charge in [0.25, 0.3) is 10.0 Å². The topological polar surface area (TPSA) is 84.9 Å². The third-order valence-corrected chi connectivity index (χ3v) is 7.68. The molecule has 1 N–H and O–H groups in total. The SMILES string of the molecule is CCOc1ccc(CNC(=O)CN(c2cccc(Cl)c2C)S(=O)(=O)c2ccc(C)cc2)cc1OCC. The Kier molecular flexibility index (Phi) is 9.23. The summed E-state index contributed by atoms with van der Waals surface area (Å²) >= 11 is 6.28. The predicted molar refractivity (Wildman–Crippen MR) is 143 cm³/mol. The number of carbonyl (C=O) groups excluding carboxylic acids is 1. The Balaban J connectivity index is 1.85. The van der Waals surface area contributed by atoms with Crippen molar-refractivity contribution in [3.8, 4) is 11.5 Å². The Morgan fingerprint density at radius 1 is 0.944 bits per heavy atom. The van der Waals surface area contributed by atoms with Gasteiger partial charge in [-0.1, -0.05) is 41.4 Å². The molecule has 3 aromatic carbocycles. The minimum atomic E-state index is -4.04. The number of benzene rings is 3. The van der Waals surface area contributed by atoms with Gasteiger partial charge in [0.05, 0.1) is 23.8 Å². The molecule has 0 heterocycles. The van der Waals surface area contributed by atoms with Gasteiger partial charge in [-0.05, 0) is 75.2 Å². The number of anilines is 1. The van der Waals surface area contributed by atoms with Crippen molar-refractivity contribution in [2.45, 2.75) is 39.1 Å². The van der Waals surface area contributed by atoms with E-state index in [-0.39, 0.29) is 11.4 Å². The maximum absolute atomic E-state index is 13.6. The van der Waals surface area contributed by atoms with Gasteiger partial charge in [-0.2, -0.15) is 0 Å². The van der Waals surface area contributed by atoms with Crippen molar-refractivity contribution in [3.05, 3.63) is 82.4 Å². The third-order valence-electron chi connectivity index (χ3n) is 5.50. The van der Waals surface area contributed by atoms with Crippen LogP contribution in [0.15, 0.2) is 65.6 Å². The van der Waals surface area contributed by atoms with Gasteiger partial charge in [0.2, 0.25) is 5.91 Å². The molecule has 0 spiro atoms. The number of amides is 1. The summed E-state index contributed by atoms with van der Waals surface area (Å²) < 4.78 is 39.5. The first-order chi connectivity index (χ1) is 17.2. The standard InChI is InChI=1S/C27H31ClN2O5S/c1-5-34-25-15-12-21(16-26(25)35-6-2)17-29-27(31)18-30(24-9-7-8-23(28)20(24)4)36(32,33)22-13-10-19(3)11-14-22/h7-16H,5-6,17-18H2,1-4H3,(H,29,31). The molecule has 3 aromatic rings. The molecule has 0 aliphatic carbocycles. The monoisotopic (exact) mass is 530 g/mol. The van der Waals surface area contributed by atoms with E-state index >= 15 is 0 Å². The smallest absolute Gasteiger partial charge is 0.264 e. The van der Waals surface area contributed by atoms with Crippen LogP contribution in [0.2, 0.25) is 5.02 Å². The van der Waals surface area contributed by atoms with Crippen LogP contribution in [-0.4, -0.2) is 34.1 Å². The minimum absolute atomic E-state index is 0.0909. The van der Waals surface area contributed by atoms with Gasteiger partial charge in [0, 0.05) is 11.6 Å². The molecule has 0 aliphatic heterocycles. The molecule has 0 saturated carbocycles. The van der Waals surface area contributed by atoms with Crippen molar-refractivity contribution in [1.82, 2.24) is 5.32 Å². The second-order valence-corrected chi connectivity index (χ2v) is 10.4. The number of halogens is 1. The van der Waals surface area contributed by atoms with Crippen LogP contribution in [0.25, 0.3) is 0 Å². The first-order valence-electron chi connectivity index (χ1n) is 11.7. The summed E-state index contributed by atoms with van der Waals surface area (Å²) in [5.41, 5.74) is 2.63. The van der Waals surface area contributed by atoms with E-state index in [4.69, 9.17) is 21.1 Å². The highest BCUT2D eigenvalue weighted by atomic mass is 35.5. The highest BCUT2D eigenvalue weighted by Gasteiger charge is 2.28. The van der Waals surface area contributed by atoms with Crippen LogP contribution in [0.5, 0.6) is 11.5 Å². The summed E-state index contributed by atoms with van der Waals surface area (Å²) in [5.74, 6) is 0.752. The van der Waals surface area contributed by atoms with Crippen LogP contribution in [0.4, 0.5) is 5.69 Å². The Morgan fingerprint density at radius 3 is 2.28 bits per heavy atom. The highest BCUT2D eigenvalue weighted by Crippen LogP contribution is 2.31. The molecule has 192 valence electrons. The fourth-order valence-corrected chi connectivity index (χ4v) is 5.24. The lowest BCUT2D eigenvalue weighted by Crippen LogP contribution is -2.41. The van der Waals surface area contributed by atoms with E-state index in [1.165, 1.54) is 12.1 Å². The van der Waals surface area contributed by atoms with Gasteiger partial charge in [0.15, 0.2) is 11.5 Å². The van der Waals surface area contributed by atoms with Crippen LogP contribution in [0.1, 0.15) is 30.5 Å². The van der Waals surface area contributed by atoms with E-state index in [9.17, 15) is 13.2 Å². The molecule has 0 aromatic heterocycles. The molecule has 9 heteroatoms. The molecular weight excluding hydrogens is 500 g/mol. The fourth-order valence-electron chi connectivity index (χ4n) is 3.60. The van der Waals surface area contributed by atoms with Gasteiger partial charge in [-0.3, -0.25) is 9.10 Å². The van der Waals surface area contributed by atoms with Gasteiger partial charge < -0.3 is 14.8 Å². The van der Waals surface area contributed by atoms with Crippen LogP contribution >= 0.6 is 11.6 Å². The van der Waals surface area contributed by atoms with Gasteiger partial charge >= 0.3 is 0 Å². The molecular formula is C27H31ClN2O5S. The summed E-state index contributed by atoms with van der Waals surface area (Å²) in [7, 11) is -4.04. The lowest BCUT2D eigenvalue weighted by atomic mass is 10.2. The first-order valence-corrected chi connectivity index (χ1v) is 13.5. The Morgan fingerprint density at radius 2 is 1.61 bits per heavy atom. The predicted octanol–water partition coefficient (Wildman–Crippen LogP) is 5.27. The van der Waals surface area contributed by atoms with E-state index in [0.717, 1.165) is 15.4 Å². The van der Waals surface area contributed by atoms with E-state index in [1.54, 1.807) is 49.4 Å². The maximum atomic E-state index is 13.6. The number of rotatable bonds is 11. The molecule has 0 saturated heterocycles. The average molecular weight is 531 g/mol. The Hall–Kier alpha value is -3.23. The van der Waals surface area contributed by atoms with Crippen LogP contribution in [0, 0.1) is 13.8 Å². The lowest BCUT2D eigenvalue weighted by molar-refractivity contribution is -0.119. The highest BCUT2D eigenvalue weighted by molar-refractivity contribution is 7.92. The van der Waals surface area contributed by atoms with Crippen molar-refractivity contribution >= 4 is 33.2 Å². The van der Waals surface area contributed by atoms with Crippen LogP contribution in [-0.2, 0) is 21.4 Å². The Bertz CT molecular complexity index is 1310. The number of sulfonamides is 1. The van der Waals surface area contributed by atoms with E-state index in [1.807, 2.05) is 26.8 Å². The van der Waals surface area contributed by atoms with Crippen molar-refractivity contribution in [2.24, 2.45) is 0 Å². The van der Waals surface area contributed by atoms with Gasteiger partial charge in [0.1, 0.15) is 6.54 Å². The van der Waals surface area contributed by atoms with Gasteiger partial charge in [-0.15, -0.1) is 0 Å². The number of ether oxygens (including phenoxy) is 2. The molecule has 0 bridgehead atoms. The summed E-state index contributed by atoms with van der Waals surface area (Å²) in [4.78, 5) is 13.1. The quantitative estimate of drug-likeness (QED) is 0.365. The van der Waals surface area contributed by atoms with Crippen molar-refractivity contribution in [3.63, 3.8) is 0 Å². The number of carbonyl (C=O) groups is 1. The number of nitrogens with zero attached hydrogens (tertiary/aromatic N) is 1. The molecule has 0 unspecified atom stereocenters. The van der Waals surface area contributed by atoms with Crippen LogP contribution in [0.3, 0.4) is 0 Å². The van der Waals surface area contributed by atoms with E-state index in [0.29, 0.717) is 41.0 Å². The number of nitrogens with one attached hydrogen (secondary N) is 1. The molecule has 0 fully saturated rings. The second-order valence-electron chi connectivity index (χ2n) is 8.13. The minimum Gasteiger partial charge on any atom is -0.490 e. The number of hydrogen-bond donors (Lipinski definition) is 1. The largest absolute Gasteiger partial charge is 0.490 e. The molecule has 7 nitrogen and oxygen atoms in total. The maximum Gasteiger partial charge on any atom is 0.264 e. The normalized spacial score (nSPS) is 11.1. The van der Waals surface area contributed by atoms with Crippen molar-refractivity contribution in [1.29, 1.82) is 0 Å². The fraction of sp³-hybridized carbons (Fsp3) is 0.296. The number of hydrogen-bond acceptors (Lipinski definition) is 5. The van der Waals surface area contributed by atoms with E-state index < -0.39 is 22.5 Å². The molecule has 1 amide bonds. The molecule has 3 rings (SSSR count). The molecule has 36 heavy (non-hydrogen) atoms. The number of aryl methyl sites for hydroxylation is 1. The lowest BCUT2D eigenvalue weighted by Gasteiger charge is -2.26. The zero-order valence-corrected chi connectivity index (χ0v) is 22.4. The molecule has 0 aliphatic rings. The van der Waals surface area contributed by atoms with Crippen LogP contribution < -0.4 is 19.1 Å². The summed E-state index contributed by atoms with van der Waals surface area (Å²) in [5, 5.41) is 3.22. The summed E-state index contributed by atoms with van der Waals surface area (Å²) in [6.45, 7) is 8.13.